The van der Waals surface area contributed by atoms with Gasteiger partial charge in [0.2, 0.25) is 0 Å². The van der Waals surface area contributed by atoms with Crippen molar-refractivity contribution in [1.82, 2.24) is 4.98 Å². The molecule has 0 bridgehead atoms. The normalized spacial score (nSPS) is 12.9. The fraction of sp³-hybridized carbons (Fsp3) is 0.500. The molecule has 0 saturated carbocycles. The summed E-state index contributed by atoms with van der Waals surface area (Å²) in [7, 11) is 3.19. The first-order valence-corrected chi connectivity index (χ1v) is 4.99. The number of rotatable bonds is 5. The summed E-state index contributed by atoms with van der Waals surface area (Å²) in [6.07, 6.45) is 1.32. The maximum Gasteiger partial charge on any atom is 0.176 e. The molecule has 1 rings (SSSR count). The van der Waals surface area contributed by atoms with Crippen LogP contribution in [0.4, 0.5) is 5.69 Å². The Hall–Kier alpha value is -0.840. The highest BCUT2D eigenvalue weighted by Gasteiger charge is 2.16. The van der Waals surface area contributed by atoms with E-state index >= 15 is 0 Å². The first-order chi connectivity index (χ1) is 7.19. The van der Waals surface area contributed by atoms with Gasteiger partial charge in [0.1, 0.15) is 0 Å². The zero-order chi connectivity index (χ0) is 11.3. The molecule has 1 N–H and O–H groups in total. The number of nitrogens with zero attached hydrogens (tertiary/aromatic N) is 1. The van der Waals surface area contributed by atoms with Gasteiger partial charge in [-0.15, -0.1) is 0 Å². The summed E-state index contributed by atoms with van der Waals surface area (Å²) in [5.41, 5.74) is 0.769. The third-order valence-electron chi connectivity index (χ3n) is 2.02. The highest BCUT2D eigenvalue weighted by atomic mass is 35.5. The lowest BCUT2D eigenvalue weighted by molar-refractivity contribution is -0.109. The first kappa shape index (κ1) is 12.2. The molecule has 84 valence electrons. The van der Waals surface area contributed by atoms with E-state index in [-0.39, 0.29) is 12.3 Å². The van der Waals surface area contributed by atoms with Crippen LogP contribution in [0.1, 0.15) is 6.92 Å². The molecule has 1 aromatic rings. The fourth-order valence-electron chi connectivity index (χ4n) is 1.31. The van der Waals surface area contributed by atoms with Crippen molar-refractivity contribution in [2.75, 3.05) is 19.5 Å². The number of aromatic nitrogens is 1. The van der Waals surface area contributed by atoms with Gasteiger partial charge in [-0.05, 0) is 19.1 Å². The van der Waals surface area contributed by atoms with Gasteiger partial charge in [0.05, 0.1) is 11.7 Å². The summed E-state index contributed by atoms with van der Waals surface area (Å²) in [6, 6.07) is 3.66. The fourth-order valence-corrected chi connectivity index (χ4v) is 1.49. The average Bonchev–Trinajstić information content (AvgIpc) is 2.23. The standard InChI is InChI=1S/C10H15ClN2O2/c1-7(10(14-2)15-3)13-8-5-4-6-12-9(8)11/h4-7,10,13H,1-3H3. The van der Waals surface area contributed by atoms with Gasteiger partial charge in [0.15, 0.2) is 11.4 Å². The van der Waals surface area contributed by atoms with E-state index in [9.17, 15) is 0 Å². The number of anilines is 1. The predicted octanol–water partition coefficient (Wildman–Crippen LogP) is 2.15. The number of hydrogen-bond donors (Lipinski definition) is 1. The van der Waals surface area contributed by atoms with E-state index in [2.05, 4.69) is 10.3 Å². The number of methoxy groups -OCH3 is 2. The number of hydrogen-bond acceptors (Lipinski definition) is 4. The van der Waals surface area contributed by atoms with E-state index in [1.54, 1.807) is 20.4 Å². The molecule has 0 aliphatic carbocycles. The van der Waals surface area contributed by atoms with Gasteiger partial charge in [0, 0.05) is 20.4 Å². The molecule has 1 heterocycles. The van der Waals surface area contributed by atoms with Crippen LogP contribution < -0.4 is 5.32 Å². The number of pyridine rings is 1. The second-order valence-electron chi connectivity index (χ2n) is 3.11. The largest absolute Gasteiger partial charge is 0.375 e. The highest BCUT2D eigenvalue weighted by Crippen LogP contribution is 2.19. The third kappa shape index (κ3) is 3.34. The minimum absolute atomic E-state index is 0.0123. The van der Waals surface area contributed by atoms with Crippen LogP contribution in [-0.2, 0) is 9.47 Å². The molecule has 0 aliphatic heterocycles. The summed E-state index contributed by atoms with van der Waals surface area (Å²) in [5, 5.41) is 3.61. The van der Waals surface area contributed by atoms with Crippen LogP contribution >= 0.6 is 11.6 Å². The SMILES string of the molecule is COC(OC)C(C)Nc1cccnc1Cl. The van der Waals surface area contributed by atoms with Crippen molar-refractivity contribution < 1.29 is 9.47 Å². The van der Waals surface area contributed by atoms with Crippen molar-refractivity contribution in [3.05, 3.63) is 23.5 Å². The molecule has 5 heteroatoms. The van der Waals surface area contributed by atoms with E-state index in [1.165, 1.54) is 0 Å². The van der Waals surface area contributed by atoms with E-state index in [0.717, 1.165) is 5.69 Å². The van der Waals surface area contributed by atoms with Crippen molar-refractivity contribution in [2.24, 2.45) is 0 Å². The molecule has 1 atom stereocenters. The highest BCUT2D eigenvalue weighted by molar-refractivity contribution is 6.31. The quantitative estimate of drug-likeness (QED) is 0.622. The lowest BCUT2D eigenvalue weighted by Crippen LogP contribution is -2.33. The summed E-state index contributed by atoms with van der Waals surface area (Å²) in [4.78, 5) is 3.96. The summed E-state index contributed by atoms with van der Waals surface area (Å²) < 4.78 is 10.3. The van der Waals surface area contributed by atoms with Gasteiger partial charge in [-0.3, -0.25) is 0 Å². The van der Waals surface area contributed by atoms with Crippen LogP contribution in [-0.4, -0.2) is 31.5 Å². The van der Waals surface area contributed by atoms with Gasteiger partial charge in [-0.2, -0.15) is 0 Å². The molecule has 0 aliphatic rings. The minimum Gasteiger partial charge on any atom is -0.375 e. The van der Waals surface area contributed by atoms with Gasteiger partial charge in [-0.1, -0.05) is 11.6 Å². The van der Waals surface area contributed by atoms with Gasteiger partial charge in [0.25, 0.3) is 0 Å². The van der Waals surface area contributed by atoms with E-state index in [0.29, 0.717) is 5.15 Å². The first-order valence-electron chi connectivity index (χ1n) is 4.61. The molecule has 0 spiro atoms. The Bertz CT molecular complexity index is 305. The van der Waals surface area contributed by atoms with Gasteiger partial charge in [-0.25, -0.2) is 4.98 Å². The van der Waals surface area contributed by atoms with Crippen molar-refractivity contribution in [3.63, 3.8) is 0 Å². The Morgan fingerprint density at radius 2 is 2.07 bits per heavy atom. The summed E-state index contributed by atoms with van der Waals surface area (Å²) >= 11 is 5.90. The van der Waals surface area contributed by atoms with Crippen LogP contribution in [0.25, 0.3) is 0 Å². The maximum absolute atomic E-state index is 5.90. The third-order valence-corrected chi connectivity index (χ3v) is 2.32. The number of ether oxygens (including phenoxy) is 2. The lowest BCUT2D eigenvalue weighted by atomic mass is 10.3. The Labute approximate surface area is 94.6 Å². The molecule has 0 amide bonds. The van der Waals surface area contributed by atoms with Crippen LogP contribution in [0.15, 0.2) is 18.3 Å². The molecular weight excluding hydrogens is 216 g/mol. The molecule has 0 aromatic carbocycles. The number of nitrogens with one attached hydrogen (secondary N) is 1. The van der Waals surface area contributed by atoms with E-state index in [1.807, 2.05) is 19.1 Å². The smallest absolute Gasteiger partial charge is 0.176 e. The minimum atomic E-state index is -0.318. The molecule has 0 saturated heterocycles. The maximum atomic E-state index is 5.90. The van der Waals surface area contributed by atoms with Gasteiger partial charge >= 0.3 is 0 Å². The van der Waals surface area contributed by atoms with Crippen molar-refractivity contribution in [1.29, 1.82) is 0 Å². The second-order valence-corrected chi connectivity index (χ2v) is 3.47. The Morgan fingerprint density at radius 1 is 1.40 bits per heavy atom. The van der Waals surface area contributed by atoms with Gasteiger partial charge < -0.3 is 14.8 Å². The molecule has 15 heavy (non-hydrogen) atoms. The lowest BCUT2D eigenvalue weighted by Gasteiger charge is -2.23. The molecule has 1 aromatic heterocycles. The van der Waals surface area contributed by atoms with Crippen LogP contribution in [0, 0.1) is 0 Å². The Kier molecular flexibility index (Phi) is 4.81. The number of halogens is 1. The van der Waals surface area contributed by atoms with Crippen LogP contribution in [0.5, 0.6) is 0 Å². The second kappa shape index (κ2) is 5.90. The Morgan fingerprint density at radius 3 is 2.60 bits per heavy atom. The topological polar surface area (TPSA) is 43.4 Å². The molecule has 4 nitrogen and oxygen atoms in total. The molecule has 0 fully saturated rings. The Balaban J connectivity index is 2.65. The van der Waals surface area contributed by atoms with E-state index in [4.69, 9.17) is 21.1 Å². The van der Waals surface area contributed by atoms with Crippen molar-refractivity contribution in [2.45, 2.75) is 19.3 Å². The zero-order valence-corrected chi connectivity index (χ0v) is 9.78. The molecule has 1 unspecified atom stereocenters. The summed E-state index contributed by atoms with van der Waals surface area (Å²) in [5.74, 6) is 0. The van der Waals surface area contributed by atoms with Crippen molar-refractivity contribution >= 4 is 17.3 Å². The van der Waals surface area contributed by atoms with Crippen LogP contribution in [0.3, 0.4) is 0 Å². The zero-order valence-electron chi connectivity index (χ0n) is 9.03. The van der Waals surface area contributed by atoms with E-state index < -0.39 is 0 Å². The monoisotopic (exact) mass is 230 g/mol. The predicted molar refractivity (Wildman–Crippen MR) is 60.1 cm³/mol. The average molecular weight is 231 g/mol. The van der Waals surface area contributed by atoms with Crippen molar-refractivity contribution in [3.8, 4) is 0 Å². The molecular formula is C10H15ClN2O2. The van der Waals surface area contributed by atoms with Crippen LogP contribution in [0.2, 0.25) is 5.15 Å². The summed E-state index contributed by atoms with van der Waals surface area (Å²) in [6.45, 7) is 1.95. The molecule has 0 radical (unpaired) electrons.